The first kappa shape index (κ1) is 19.4. The number of nitrogens with zero attached hydrogens (tertiary/aromatic N) is 2. The average Bonchev–Trinajstić information content (AvgIpc) is 2.89. The maximum Gasteiger partial charge on any atom is 0.224 e. The Kier molecular flexibility index (Phi) is 6.16. The molecule has 6 nitrogen and oxygen atoms in total. The van der Waals surface area contributed by atoms with E-state index in [2.05, 4.69) is 0 Å². The number of anilines is 1. The first-order chi connectivity index (χ1) is 11.7. The van der Waals surface area contributed by atoms with E-state index in [-0.39, 0.29) is 42.3 Å². The molecule has 1 fully saturated rings. The molecule has 1 saturated heterocycles. The molecule has 1 atom stereocenters. The van der Waals surface area contributed by atoms with Crippen molar-refractivity contribution in [3.8, 4) is 0 Å². The molecule has 0 aromatic heterocycles. The van der Waals surface area contributed by atoms with Gasteiger partial charge in [0.2, 0.25) is 11.8 Å². The highest BCUT2D eigenvalue weighted by Crippen LogP contribution is 2.20. The van der Waals surface area contributed by atoms with E-state index < -0.39 is 15.7 Å². The molecule has 1 aromatic rings. The molecule has 0 spiro atoms. The van der Waals surface area contributed by atoms with Gasteiger partial charge in [0.15, 0.2) is 9.84 Å². The van der Waals surface area contributed by atoms with Crippen molar-refractivity contribution in [3.63, 3.8) is 0 Å². The van der Waals surface area contributed by atoms with E-state index in [1.54, 1.807) is 4.90 Å². The molecule has 1 heterocycles. The van der Waals surface area contributed by atoms with Crippen molar-refractivity contribution in [2.45, 2.75) is 32.7 Å². The van der Waals surface area contributed by atoms with Gasteiger partial charge in [-0.1, -0.05) is 0 Å². The highest BCUT2D eigenvalue weighted by atomic mass is 32.2. The number of hydrogen-bond donors (Lipinski definition) is 0. The number of halogens is 1. The third-order valence-electron chi connectivity index (χ3n) is 4.38. The number of carbonyl (C=O) groups excluding carboxylic acids is 2. The smallest absolute Gasteiger partial charge is 0.224 e. The summed E-state index contributed by atoms with van der Waals surface area (Å²) in [5.41, 5.74) is 0.521. The van der Waals surface area contributed by atoms with Crippen LogP contribution in [0.15, 0.2) is 24.3 Å². The maximum absolute atomic E-state index is 13.0. The molecule has 1 aliphatic rings. The summed E-state index contributed by atoms with van der Waals surface area (Å²) in [6.07, 6.45) is 0.539. The molecule has 0 N–H and O–H groups in total. The van der Waals surface area contributed by atoms with Gasteiger partial charge in [-0.3, -0.25) is 9.59 Å². The van der Waals surface area contributed by atoms with E-state index in [9.17, 15) is 22.4 Å². The van der Waals surface area contributed by atoms with Crippen molar-refractivity contribution in [1.82, 2.24) is 4.90 Å². The monoisotopic (exact) mass is 370 g/mol. The van der Waals surface area contributed by atoms with Gasteiger partial charge >= 0.3 is 0 Å². The van der Waals surface area contributed by atoms with E-state index in [1.807, 2.05) is 6.92 Å². The van der Waals surface area contributed by atoms with Crippen molar-refractivity contribution < 1.29 is 22.4 Å². The maximum atomic E-state index is 13.0. The molecule has 2 amide bonds. The minimum atomic E-state index is -3.07. The number of amides is 2. The van der Waals surface area contributed by atoms with Crippen LogP contribution in [0.4, 0.5) is 10.1 Å². The highest BCUT2D eigenvalue weighted by molar-refractivity contribution is 7.91. The summed E-state index contributed by atoms with van der Waals surface area (Å²) in [5, 5.41) is 0. The quantitative estimate of drug-likeness (QED) is 0.762. The molecule has 1 aliphatic heterocycles. The van der Waals surface area contributed by atoms with Gasteiger partial charge in [-0.2, -0.15) is 0 Å². The zero-order chi connectivity index (χ0) is 18.6. The Bertz CT molecular complexity index is 734. The lowest BCUT2D eigenvalue weighted by atomic mass is 10.2. The Morgan fingerprint density at radius 1 is 1.24 bits per heavy atom. The zero-order valence-electron chi connectivity index (χ0n) is 14.4. The van der Waals surface area contributed by atoms with E-state index in [0.717, 1.165) is 0 Å². The Morgan fingerprint density at radius 3 is 2.36 bits per heavy atom. The fraction of sp³-hybridized carbons (Fsp3) is 0.529. The van der Waals surface area contributed by atoms with Gasteiger partial charge in [-0.25, -0.2) is 12.8 Å². The zero-order valence-corrected chi connectivity index (χ0v) is 15.3. The summed E-state index contributed by atoms with van der Waals surface area (Å²) in [7, 11) is -3.07. The topological polar surface area (TPSA) is 74.8 Å². The molecule has 138 valence electrons. The normalized spacial score (nSPS) is 18.8. The lowest BCUT2D eigenvalue weighted by Crippen LogP contribution is -2.42. The number of hydrogen-bond acceptors (Lipinski definition) is 4. The molecular formula is C17H23FN2O4S. The molecule has 25 heavy (non-hydrogen) atoms. The van der Waals surface area contributed by atoms with Crippen LogP contribution in [0.5, 0.6) is 0 Å². The van der Waals surface area contributed by atoms with E-state index in [1.165, 1.54) is 36.1 Å². The van der Waals surface area contributed by atoms with Gasteiger partial charge in [0.05, 0.1) is 11.5 Å². The van der Waals surface area contributed by atoms with Gasteiger partial charge < -0.3 is 9.80 Å². The summed E-state index contributed by atoms with van der Waals surface area (Å²) in [4.78, 5) is 27.4. The second kappa shape index (κ2) is 7.95. The van der Waals surface area contributed by atoms with Crippen LogP contribution in [0.2, 0.25) is 0 Å². The molecular weight excluding hydrogens is 347 g/mol. The first-order valence-electron chi connectivity index (χ1n) is 8.27. The summed E-state index contributed by atoms with van der Waals surface area (Å²) >= 11 is 0. The molecule has 0 radical (unpaired) electrons. The highest BCUT2D eigenvalue weighted by Gasteiger charge is 2.33. The van der Waals surface area contributed by atoms with Crippen molar-refractivity contribution >= 4 is 27.3 Å². The molecule has 1 unspecified atom stereocenters. The number of sulfone groups is 1. The molecule has 0 aliphatic carbocycles. The number of rotatable bonds is 6. The Balaban J connectivity index is 2.02. The van der Waals surface area contributed by atoms with Gasteiger partial charge in [0, 0.05) is 38.2 Å². The summed E-state index contributed by atoms with van der Waals surface area (Å²) in [6, 6.07) is 5.20. The van der Waals surface area contributed by atoms with Gasteiger partial charge in [-0.05, 0) is 37.6 Å². The van der Waals surface area contributed by atoms with Gasteiger partial charge in [0.25, 0.3) is 0 Å². The van der Waals surface area contributed by atoms with E-state index in [4.69, 9.17) is 0 Å². The average molecular weight is 370 g/mol. The van der Waals surface area contributed by atoms with E-state index in [0.29, 0.717) is 18.7 Å². The molecule has 0 bridgehead atoms. The van der Waals surface area contributed by atoms with Crippen LogP contribution >= 0.6 is 0 Å². The Hall–Kier alpha value is -1.96. The van der Waals surface area contributed by atoms with Crippen molar-refractivity contribution in [3.05, 3.63) is 30.1 Å². The predicted molar refractivity (Wildman–Crippen MR) is 93.5 cm³/mol. The minimum Gasteiger partial charge on any atom is -0.339 e. The predicted octanol–water partition coefficient (Wildman–Crippen LogP) is 1.60. The molecule has 8 heteroatoms. The standard InChI is InChI=1S/C17H23FN2O4S/c1-3-19(16-9-11-25(23,24)12-16)17(22)8-10-20(13(2)21)15-6-4-14(18)5-7-15/h4-7,16H,3,8-12H2,1-2H3. The van der Waals surface area contributed by atoms with Crippen LogP contribution in [-0.4, -0.2) is 55.8 Å². The van der Waals surface area contributed by atoms with Crippen molar-refractivity contribution in [2.24, 2.45) is 0 Å². The lowest BCUT2D eigenvalue weighted by molar-refractivity contribution is -0.132. The fourth-order valence-corrected chi connectivity index (χ4v) is 4.83. The Labute approximate surface area is 147 Å². The molecule has 1 aromatic carbocycles. The lowest BCUT2D eigenvalue weighted by Gasteiger charge is -2.28. The van der Waals surface area contributed by atoms with Crippen molar-refractivity contribution in [1.29, 1.82) is 0 Å². The molecule has 2 rings (SSSR count). The van der Waals surface area contributed by atoms with Crippen LogP contribution in [0.1, 0.15) is 26.7 Å². The Morgan fingerprint density at radius 2 is 1.88 bits per heavy atom. The minimum absolute atomic E-state index is 0.000957. The third kappa shape index (κ3) is 5.01. The van der Waals surface area contributed by atoms with Crippen LogP contribution in [0.3, 0.4) is 0 Å². The van der Waals surface area contributed by atoms with Gasteiger partial charge in [-0.15, -0.1) is 0 Å². The SMILES string of the molecule is CCN(C(=O)CCN(C(C)=O)c1ccc(F)cc1)C1CCS(=O)(=O)C1. The van der Waals surface area contributed by atoms with Crippen molar-refractivity contribution in [2.75, 3.05) is 29.5 Å². The van der Waals surface area contributed by atoms with Crippen LogP contribution in [-0.2, 0) is 19.4 Å². The van der Waals surface area contributed by atoms with Gasteiger partial charge in [0.1, 0.15) is 5.82 Å². The summed E-state index contributed by atoms with van der Waals surface area (Å²) in [6.45, 7) is 3.78. The van der Waals surface area contributed by atoms with Crippen LogP contribution in [0.25, 0.3) is 0 Å². The third-order valence-corrected chi connectivity index (χ3v) is 6.13. The van der Waals surface area contributed by atoms with Crippen LogP contribution < -0.4 is 4.90 Å². The second-order valence-electron chi connectivity index (χ2n) is 6.13. The largest absolute Gasteiger partial charge is 0.339 e. The number of benzene rings is 1. The molecule has 0 saturated carbocycles. The summed E-state index contributed by atoms with van der Waals surface area (Å²) in [5.74, 6) is -0.718. The number of carbonyl (C=O) groups is 2. The van der Waals surface area contributed by atoms with E-state index >= 15 is 0 Å². The summed E-state index contributed by atoms with van der Waals surface area (Å²) < 4.78 is 36.3. The van der Waals surface area contributed by atoms with Crippen LogP contribution in [0, 0.1) is 5.82 Å². The second-order valence-corrected chi connectivity index (χ2v) is 8.36. The fourth-order valence-electron chi connectivity index (χ4n) is 3.10. The first-order valence-corrected chi connectivity index (χ1v) is 10.1.